The van der Waals surface area contributed by atoms with E-state index in [0.29, 0.717) is 11.3 Å². The number of rotatable bonds is 4. The summed E-state index contributed by atoms with van der Waals surface area (Å²) in [6.07, 6.45) is 12.4. The number of amides is 1. The molecule has 1 heterocycles. The van der Waals surface area contributed by atoms with Crippen LogP contribution in [0.2, 0.25) is 0 Å². The van der Waals surface area contributed by atoms with Crippen molar-refractivity contribution in [1.82, 2.24) is 10.2 Å². The van der Waals surface area contributed by atoms with E-state index in [-0.39, 0.29) is 11.7 Å². The topological polar surface area (TPSA) is 32.3 Å². The third kappa shape index (κ3) is 2.18. The lowest BCUT2D eigenvalue weighted by Crippen LogP contribution is -2.45. The van der Waals surface area contributed by atoms with Crippen molar-refractivity contribution < 1.29 is 4.79 Å². The van der Waals surface area contributed by atoms with Gasteiger partial charge in [-0.05, 0) is 43.9 Å². The van der Waals surface area contributed by atoms with Crippen LogP contribution in [0.25, 0.3) is 0 Å². The monoisotopic (exact) mass is 278 g/mol. The molecule has 20 heavy (non-hydrogen) atoms. The summed E-state index contributed by atoms with van der Waals surface area (Å²) in [6.45, 7) is 5.51. The Labute approximate surface area is 123 Å². The zero-order valence-corrected chi connectivity index (χ0v) is 13.2. The molecule has 1 amide bonds. The van der Waals surface area contributed by atoms with Crippen molar-refractivity contribution >= 4 is 5.91 Å². The van der Waals surface area contributed by atoms with Gasteiger partial charge in [0.05, 0.1) is 11.7 Å². The van der Waals surface area contributed by atoms with Crippen LogP contribution in [0.3, 0.4) is 0 Å². The molecule has 1 aliphatic heterocycles. The van der Waals surface area contributed by atoms with Gasteiger partial charge in [-0.15, -0.1) is 0 Å². The molecule has 0 aromatic rings. The molecule has 3 aliphatic rings. The highest BCUT2D eigenvalue weighted by Crippen LogP contribution is 2.44. The van der Waals surface area contributed by atoms with E-state index < -0.39 is 0 Å². The van der Waals surface area contributed by atoms with Crippen molar-refractivity contribution in [1.29, 1.82) is 0 Å². The Morgan fingerprint density at radius 3 is 2.25 bits per heavy atom. The number of carbonyl (C=O) groups excluding carboxylic acids is 1. The molecule has 3 heteroatoms. The summed E-state index contributed by atoms with van der Waals surface area (Å²) in [5, 5.41) is 3.71. The predicted octanol–water partition coefficient (Wildman–Crippen LogP) is 3.44. The van der Waals surface area contributed by atoms with Crippen LogP contribution in [0.4, 0.5) is 0 Å². The van der Waals surface area contributed by atoms with Crippen molar-refractivity contribution in [3.8, 4) is 0 Å². The van der Waals surface area contributed by atoms with Gasteiger partial charge in [-0.2, -0.15) is 0 Å². The summed E-state index contributed by atoms with van der Waals surface area (Å²) in [7, 11) is 0. The highest BCUT2D eigenvalue weighted by atomic mass is 16.2. The van der Waals surface area contributed by atoms with Crippen molar-refractivity contribution in [3.05, 3.63) is 0 Å². The van der Waals surface area contributed by atoms with Gasteiger partial charge in [0.1, 0.15) is 0 Å². The van der Waals surface area contributed by atoms with E-state index in [0.717, 1.165) is 25.8 Å². The average molecular weight is 278 g/mol. The van der Waals surface area contributed by atoms with Gasteiger partial charge in [0.25, 0.3) is 0 Å². The molecule has 0 aromatic carbocycles. The fourth-order valence-corrected chi connectivity index (χ4v) is 4.83. The molecular weight excluding hydrogens is 248 g/mol. The minimum atomic E-state index is -0.186. The van der Waals surface area contributed by atoms with Crippen LogP contribution in [0, 0.1) is 5.41 Å². The summed E-state index contributed by atoms with van der Waals surface area (Å²) in [5.74, 6) is 0.418. The summed E-state index contributed by atoms with van der Waals surface area (Å²) in [4.78, 5) is 15.2. The molecular formula is C17H30N2O. The van der Waals surface area contributed by atoms with Gasteiger partial charge >= 0.3 is 0 Å². The molecule has 2 saturated carbocycles. The lowest BCUT2D eigenvalue weighted by Gasteiger charge is -2.35. The van der Waals surface area contributed by atoms with Crippen LogP contribution in [0.5, 0.6) is 0 Å². The van der Waals surface area contributed by atoms with E-state index >= 15 is 0 Å². The van der Waals surface area contributed by atoms with Crippen LogP contribution < -0.4 is 5.32 Å². The Kier molecular flexibility index (Phi) is 3.83. The zero-order chi connectivity index (χ0) is 14.2. The van der Waals surface area contributed by atoms with Gasteiger partial charge < -0.3 is 4.90 Å². The highest BCUT2D eigenvalue weighted by molar-refractivity contribution is 5.89. The molecule has 0 radical (unpaired) electrons. The van der Waals surface area contributed by atoms with Crippen molar-refractivity contribution in [2.24, 2.45) is 5.41 Å². The third-order valence-electron chi connectivity index (χ3n) is 6.25. The quantitative estimate of drug-likeness (QED) is 0.854. The standard InChI is InChI=1S/C17H30N2O/c1-3-14-18-17(11-7-8-12-17)15(20)19(14)13-16(4-2)9-5-6-10-16/h14,18H,3-13H2,1-2H3. The van der Waals surface area contributed by atoms with Crippen LogP contribution in [-0.4, -0.2) is 29.1 Å². The zero-order valence-electron chi connectivity index (χ0n) is 13.2. The molecule has 0 aromatic heterocycles. The van der Waals surface area contributed by atoms with Crippen molar-refractivity contribution in [3.63, 3.8) is 0 Å². The summed E-state index contributed by atoms with van der Waals surface area (Å²) >= 11 is 0. The van der Waals surface area contributed by atoms with Gasteiger partial charge in [0, 0.05) is 6.54 Å². The van der Waals surface area contributed by atoms with E-state index in [1.54, 1.807) is 0 Å². The number of carbonyl (C=O) groups is 1. The minimum Gasteiger partial charge on any atom is -0.325 e. The van der Waals surface area contributed by atoms with Gasteiger partial charge in [-0.25, -0.2) is 0 Å². The van der Waals surface area contributed by atoms with Crippen molar-refractivity contribution in [2.75, 3.05) is 6.54 Å². The van der Waals surface area contributed by atoms with E-state index in [4.69, 9.17) is 0 Å². The highest BCUT2D eigenvalue weighted by Gasteiger charge is 2.53. The molecule has 1 atom stereocenters. The molecule has 2 aliphatic carbocycles. The lowest BCUT2D eigenvalue weighted by molar-refractivity contribution is -0.134. The van der Waals surface area contributed by atoms with E-state index in [2.05, 4.69) is 24.1 Å². The SMILES string of the molecule is CCC1NC2(CCCC2)C(=O)N1CC1(CC)CCCC1. The third-order valence-corrected chi connectivity index (χ3v) is 6.25. The van der Waals surface area contributed by atoms with E-state index in [9.17, 15) is 4.79 Å². The number of nitrogens with one attached hydrogen (secondary N) is 1. The summed E-state index contributed by atoms with van der Waals surface area (Å²) in [6, 6.07) is 0. The average Bonchev–Trinajstić information content (AvgIpc) is 3.17. The Bertz CT molecular complexity index is 367. The molecule has 1 unspecified atom stereocenters. The first-order valence-electron chi connectivity index (χ1n) is 8.73. The molecule has 3 fully saturated rings. The van der Waals surface area contributed by atoms with Crippen LogP contribution >= 0.6 is 0 Å². The smallest absolute Gasteiger partial charge is 0.244 e. The van der Waals surface area contributed by atoms with Crippen LogP contribution in [0.1, 0.15) is 78.1 Å². The van der Waals surface area contributed by atoms with Gasteiger partial charge in [-0.3, -0.25) is 10.1 Å². The minimum absolute atomic E-state index is 0.186. The van der Waals surface area contributed by atoms with Gasteiger partial charge in [0.15, 0.2) is 0 Å². The normalized spacial score (nSPS) is 31.6. The van der Waals surface area contributed by atoms with E-state index in [1.165, 1.54) is 44.9 Å². The van der Waals surface area contributed by atoms with Gasteiger partial charge in [0.2, 0.25) is 5.91 Å². The molecule has 1 spiro atoms. The molecule has 114 valence electrons. The fourth-order valence-electron chi connectivity index (χ4n) is 4.83. The molecule has 3 rings (SSSR count). The van der Waals surface area contributed by atoms with E-state index in [1.807, 2.05) is 0 Å². The number of hydrogen-bond acceptors (Lipinski definition) is 2. The summed E-state index contributed by atoms with van der Waals surface area (Å²) < 4.78 is 0. The second kappa shape index (κ2) is 5.32. The number of hydrogen-bond donors (Lipinski definition) is 1. The second-order valence-electron chi connectivity index (χ2n) is 7.35. The molecule has 1 N–H and O–H groups in total. The Morgan fingerprint density at radius 2 is 1.70 bits per heavy atom. The maximum Gasteiger partial charge on any atom is 0.244 e. The number of nitrogens with zero attached hydrogens (tertiary/aromatic N) is 1. The molecule has 0 bridgehead atoms. The first-order valence-corrected chi connectivity index (χ1v) is 8.73. The lowest BCUT2D eigenvalue weighted by atomic mass is 9.82. The predicted molar refractivity (Wildman–Crippen MR) is 81.3 cm³/mol. The van der Waals surface area contributed by atoms with Crippen LogP contribution in [-0.2, 0) is 4.79 Å². The van der Waals surface area contributed by atoms with Gasteiger partial charge in [-0.1, -0.05) is 39.5 Å². The van der Waals surface area contributed by atoms with Crippen molar-refractivity contribution in [2.45, 2.75) is 89.8 Å². The summed E-state index contributed by atoms with van der Waals surface area (Å²) in [5.41, 5.74) is 0.225. The maximum absolute atomic E-state index is 13.0. The Hall–Kier alpha value is -0.570. The first-order chi connectivity index (χ1) is 9.65. The Morgan fingerprint density at radius 1 is 1.10 bits per heavy atom. The first kappa shape index (κ1) is 14.4. The second-order valence-corrected chi connectivity index (χ2v) is 7.35. The Balaban J connectivity index is 1.78. The van der Waals surface area contributed by atoms with Crippen LogP contribution in [0.15, 0.2) is 0 Å². The fraction of sp³-hybridized carbons (Fsp3) is 0.941. The largest absolute Gasteiger partial charge is 0.325 e. The molecule has 3 nitrogen and oxygen atoms in total. The maximum atomic E-state index is 13.0. The molecule has 1 saturated heterocycles.